The van der Waals surface area contributed by atoms with Gasteiger partial charge in [-0.25, -0.2) is 4.79 Å². The Morgan fingerprint density at radius 3 is 2.37 bits per heavy atom. The summed E-state index contributed by atoms with van der Waals surface area (Å²) in [5, 5.41) is 10.2. The molecule has 0 bridgehead atoms. The average molecular weight is 482 g/mol. The van der Waals surface area contributed by atoms with Crippen LogP contribution in [0.1, 0.15) is 71.2 Å². The number of aromatic nitrogens is 2. The lowest BCUT2D eigenvalue weighted by Crippen LogP contribution is -2.31. The van der Waals surface area contributed by atoms with Crippen LogP contribution >= 0.6 is 0 Å². The van der Waals surface area contributed by atoms with Crippen molar-refractivity contribution >= 4 is 11.7 Å². The molecule has 3 atom stereocenters. The summed E-state index contributed by atoms with van der Waals surface area (Å²) in [5.41, 5.74) is 3.17. The fourth-order valence-corrected chi connectivity index (χ4v) is 5.34. The molecule has 7 nitrogen and oxygen atoms in total. The van der Waals surface area contributed by atoms with Crippen LogP contribution in [0.15, 0.2) is 24.5 Å². The third-order valence-corrected chi connectivity index (χ3v) is 6.88. The third-order valence-electron chi connectivity index (χ3n) is 6.88. The van der Waals surface area contributed by atoms with E-state index in [0.29, 0.717) is 35.6 Å². The van der Waals surface area contributed by atoms with E-state index in [1.54, 1.807) is 6.20 Å². The Morgan fingerprint density at radius 1 is 1.14 bits per heavy atom. The van der Waals surface area contributed by atoms with Crippen LogP contribution in [-0.4, -0.2) is 46.3 Å². The first-order chi connectivity index (χ1) is 16.5. The lowest BCUT2D eigenvalue weighted by atomic mass is 9.98. The SMILES string of the molecule is Cc1ncc(-c2ccc(OCC(C)C)cn2)c(N2CC3CCCC3C2)c1[C@H](OC(C)(C)C)C(=O)O. The number of fused-ring (bicyclic) bond motifs is 1. The fourth-order valence-electron chi connectivity index (χ4n) is 5.34. The zero-order valence-electron chi connectivity index (χ0n) is 21.9. The zero-order valence-corrected chi connectivity index (χ0v) is 21.9. The van der Waals surface area contributed by atoms with E-state index in [2.05, 4.69) is 23.7 Å². The Kier molecular flexibility index (Phi) is 7.36. The van der Waals surface area contributed by atoms with E-state index in [4.69, 9.17) is 14.5 Å². The number of carboxylic acid groups (broad SMARTS) is 1. The molecule has 2 aromatic heterocycles. The van der Waals surface area contributed by atoms with E-state index in [0.717, 1.165) is 35.8 Å². The van der Waals surface area contributed by atoms with E-state index in [1.165, 1.54) is 19.3 Å². The molecule has 0 aromatic carbocycles. The summed E-state index contributed by atoms with van der Waals surface area (Å²) in [5.74, 6) is 1.44. The van der Waals surface area contributed by atoms with Crippen molar-refractivity contribution in [2.45, 2.75) is 72.5 Å². The van der Waals surface area contributed by atoms with Crippen LogP contribution < -0.4 is 9.64 Å². The van der Waals surface area contributed by atoms with Gasteiger partial charge in [-0.3, -0.25) is 9.97 Å². The van der Waals surface area contributed by atoms with Gasteiger partial charge >= 0.3 is 5.97 Å². The van der Waals surface area contributed by atoms with Crippen molar-refractivity contribution in [3.63, 3.8) is 0 Å². The number of carboxylic acids is 1. The Balaban J connectivity index is 1.80. The molecule has 2 fully saturated rings. The van der Waals surface area contributed by atoms with E-state index in [1.807, 2.05) is 46.0 Å². The van der Waals surface area contributed by atoms with Gasteiger partial charge in [-0.15, -0.1) is 0 Å². The second-order valence-corrected chi connectivity index (χ2v) is 11.4. The molecule has 2 aliphatic rings. The summed E-state index contributed by atoms with van der Waals surface area (Å²) >= 11 is 0. The maximum atomic E-state index is 12.5. The number of carbonyl (C=O) groups is 1. The average Bonchev–Trinajstić information content (AvgIpc) is 3.38. The molecule has 7 heteroatoms. The molecule has 1 aliphatic heterocycles. The van der Waals surface area contributed by atoms with Gasteiger partial charge in [0.25, 0.3) is 0 Å². The molecule has 2 aromatic rings. The summed E-state index contributed by atoms with van der Waals surface area (Å²) in [4.78, 5) is 24.2. The van der Waals surface area contributed by atoms with Gasteiger partial charge < -0.3 is 19.5 Å². The van der Waals surface area contributed by atoms with Gasteiger partial charge in [0.2, 0.25) is 0 Å². The van der Waals surface area contributed by atoms with Crippen molar-refractivity contribution < 1.29 is 19.4 Å². The van der Waals surface area contributed by atoms with Gasteiger partial charge in [-0.1, -0.05) is 20.3 Å². The highest BCUT2D eigenvalue weighted by Gasteiger charge is 2.40. The molecule has 3 heterocycles. The predicted molar refractivity (Wildman–Crippen MR) is 137 cm³/mol. The van der Waals surface area contributed by atoms with Crippen molar-refractivity contribution in [2.75, 3.05) is 24.6 Å². The van der Waals surface area contributed by atoms with Crippen molar-refractivity contribution in [3.8, 4) is 17.0 Å². The fraction of sp³-hybridized carbons (Fsp3) is 0.607. The van der Waals surface area contributed by atoms with Gasteiger partial charge in [0.15, 0.2) is 6.10 Å². The second kappa shape index (κ2) is 10.1. The first-order valence-corrected chi connectivity index (χ1v) is 12.8. The van der Waals surface area contributed by atoms with Crippen LogP contribution in [0.5, 0.6) is 5.75 Å². The largest absolute Gasteiger partial charge is 0.492 e. The molecule has 1 aliphatic carbocycles. The minimum Gasteiger partial charge on any atom is -0.492 e. The first kappa shape index (κ1) is 25.4. The lowest BCUT2D eigenvalue weighted by molar-refractivity contribution is -0.160. The summed E-state index contributed by atoms with van der Waals surface area (Å²) in [7, 11) is 0. The van der Waals surface area contributed by atoms with Crippen LogP contribution in [0.4, 0.5) is 5.69 Å². The maximum absolute atomic E-state index is 12.5. The third kappa shape index (κ3) is 5.77. The second-order valence-electron chi connectivity index (χ2n) is 11.4. The molecule has 190 valence electrons. The molecule has 0 amide bonds. The van der Waals surface area contributed by atoms with Gasteiger partial charge in [-0.05, 0) is 70.4 Å². The maximum Gasteiger partial charge on any atom is 0.337 e. The van der Waals surface area contributed by atoms with Gasteiger partial charge in [0.05, 0.1) is 29.8 Å². The lowest BCUT2D eigenvalue weighted by Gasteiger charge is -2.32. The molecule has 4 rings (SSSR count). The Labute approximate surface area is 208 Å². The first-order valence-electron chi connectivity index (χ1n) is 12.8. The number of hydrogen-bond donors (Lipinski definition) is 1. The number of aryl methyl sites for hydroxylation is 1. The summed E-state index contributed by atoms with van der Waals surface area (Å²) in [6.07, 6.45) is 6.19. The van der Waals surface area contributed by atoms with Crippen molar-refractivity contribution in [1.29, 1.82) is 0 Å². The number of anilines is 1. The van der Waals surface area contributed by atoms with E-state index >= 15 is 0 Å². The Bertz CT molecular complexity index is 1030. The number of hydrogen-bond acceptors (Lipinski definition) is 6. The molecular formula is C28H39N3O4. The van der Waals surface area contributed by atoms with Crippen LogP contribution in [0.3, 0.4) is 0 Å². The molecule has 1 N–H and O–H groups in total. The van der Waals surface area contributed by atoms with Crippen LogP contribution in [0.2, 0.25) is 0 Å². The van der Waals surface area contributed by atoms with Crippen LogP contribution in [-0.2, 0) is 9.53 Å². The smallest absolute Gasteiger partial charge is 0.337 e. The number of rotatable bonds is 8. The molecule has 1 saturated carbocycles. The summed E-state index contributed by atoms with van der Waals surface area (Å²) < 4.78 is 11.9. The highest BCUT2D eigenvalue weighted by molar-refractivity contribution is 5.85. The van der Waals surface area contributed by atoms with Gasteiger partial charge in [0, 0.05) is 36.1 Å². The highest BCUT2D eigenvalue weighted by atomic mass is 16.5. The summed E-state index contributed by atoms with van der Waals surface area (Å²) in [6.45, 7) is 14.2. The molecule has 1 saturated heterocycles. The number of aliphatic carboxylic acids is 1. The van der Waals surface area contributed by atoms with Crippen LogP contribution in [0, 0.1) is 24.7 Å². The number of pyridine rings is 2. The predicted octanol–water partition coefficient (Wildman–Crippen LogP) is 5.66. The Morgan fingerprint density at radius 2 is 1.83 bits per heavy atom. The highest BCUT2D eigenvalue weighted by Crippen LogP contribution is 2.46. The normalized spacial score (nSPS) is 20.8. The zero-order chi connectivity index (χ0) is 25.3. The van der Waals surface area contributed by atoms with E-state index in [-0.39, 0.29) is 0 Å². The number of nitrogens with zero attached hydrogens (tertiary/aromatic N) is 3. The quantitative estimate of drug-likeness (QED) is 0.520. The molecule has 35 heavy (non-hydrogen) atoms. The molecule has 0 spiro atoms. The standard InChI is InChI=1S/C28H39N3O4/c1-17(2)16-34-21-10-11-23(30-12-21)22-13-29-18(3)24(26(27(32)33)35-28(4,5)6)25(22)31-14-19-8-7-9-20(19)15-31/h10-13,17,19-20,26H,7-9,14-16H2,1-6H3,(H,32,33)/t19?,20?,26-/m0/s1. The van der Waals surface area contributed by atoms with Gasteiger partial charge in [-0.2, -0.15) is 0 Å². The number of ether oxygens (including phenoxy) is 2. The van der Waals surface area contributed by atoms with Crippen molar-refractivity contribution in [1.82, 2.24) is 9.97 Å². The molecule has 2 unspecified atom stereocenters. The topological polar surface area (TPSA) is 84.8 Å². The summed E-state index contributed by atoms with van der Waals surface area (Å²) in [6, 6.07) is 3.86. The monoisotopic (exact) mass is 481 g/mol. The van der Waals surface area contributed by atoms with E-state index < -0.39 is 17.7 Å². The van der Waals surface area contributed by atoms with Crippen LogP contribution in [0.25, 0.3) is 11.3 Å². The molecular weight excluding hydrogens is 442 g/mol. The van der Waals surface area contributed by atoms with E-state index in [9.17, 15) is 9.90 Å². The van der Waals surface area contributed by atoms with Crippen molar-refractivity contribution in [3.05, 3.63) is 35.8 Å². The molecule has 0 radical (unpaired) electrons. The Hall–Kier alpha value is -2.67. The van der Waals surface area contributed by atoms with Gasteiger partial charge in [0.1, 0.15) is 5.75 Å². The van der Waals surface area contributed by atoms with Crippen molar-refractivity contribution in [2.24, 2.45) is 17.8 Å². The minimum atomic E-state index is -1.12. The minimum absolute atomic E-state index is 0.426.